The summed E-state index contributed by atoms with van der Waals surface area (Å²) in [5.74, 6) is -1.77. The van der Waals surface area contributed by atoms with Gasteiger partial charge < -0.3 is 19.1 Å². The highest BCUT2D eigenvalue weighted by molar-refractivity contribution is 7.90. The highest BCUT2D eigenvalue weighted by Crippen LogP contribution is 2.57. The van der Waals surface area contributed by atoms with Crippen LogP contribution in [-0.4, -0.2) is 79.0 Å². The number of aromatic nitrogens is 1. The van der Waals surface area contributed by atoms with E-state index in [0.29, 0.717) is 50.5 Å². The molecule has 0 unspecified atom stereocenters. The number of sulfonamides is 1. The molecule has 1 saturated heterocycles. The minimum Gasteiger partial charge on any atom is -0.491 e. The van der Waals surface area contributed by atoms with Crippen molar-refractivity contribution >= 4 is 44.4 Å². The van der Waals surface area contributed by atoms with Crippen LogP contribution in [0.4, 0.5) is 0 Å². The number of fused-ring (bicyclic) bond motifs is 3. The first-order chi connectivity index (χ1) is 26.7. The van der Waals surface area contributed by atoms with Crippen molar-refractivity contribution in [2.75, 3.05) is 19.8 Å². The smallest absolute Gasteiger partial charge is 0.306 e. The molecule has 56 heavy (non-hydrogen) atoms. The highest BCUT2D eigenvalue weighted by atomic mass is 32.2. The minimum atomic E-state index is -3.85. The van der Waals surface area contributed by atoms with Crippen molar-refractivity contribution < 1.29 is 41.8 Å². The maximum atomic E-state index is 14.9. The fourth-order valence-electron chi connectivity index (χ4n) is 8.56. The van der Waals surface area contributed by atoms with E-state index in [4.69, 9.17) is 14.2 Å². The van der Waals surface area contributed by atoms with Gasteiger partial charge in [-0.3, -0.25) is 23.9 Å². The van der Waals surface area contributed by atoms with E-state index in [1.54, 1.807) is 11.1 Å². The molecule has 0 bridgehead atoms. The maximum Gasteiger partial charge on any atom is 0.306 e. The van der Waals surface area contributed by atoms with E-state index in [2.05, 4.69) is 23.6 Å². The van der Waals surface area contributed by atoms with Crippen molar-refractivity contribution in [1.82, 2.24) is 14.6 Å². The molecule has 0 radical (unpaired) electrons. The summed E-state index contributed by atoms with van der Waals surface area (Å²) in [6, 6.07) is 6.67. The summed E-state index contributed by atoms with van der Waals surface area (Å²) >= 11 is 0. The largest absolute Gasteiger partial charge is 0.491 e. The SMILES string of the molecule is CCCOc1cnc(O[C@@H]2C[C@H]3C(=O)C[C@]4(C(=O)NS(=O)(=O)C5CC5)C[C@H]4/C=C\CC[C@H](C)C[C@@H](C)[C@H](CC(=O)OCC4(C)CC4)C(=O)N3C2)c2ccccc12. The number of nitrogens with zero attached hydrogens (tertiary/aromatic N) is 2. The lowest BCUT2D eigenvalue weighted by Crippen LogP contribution is -2.47. The Bertz CT molecular complexity index is 1970. The highest BCUT2D eigenvalue weighted by Gasteiger charge is 2.61. The number of esters is 1. The van der Waals surface area contributed by atoms with Crippen LogP contribution in [0, 0.1) is 34.5 Å². The average molecular weight is 792 g/mol. The van der Waals surface area contributed by atoms with Crippen LogP contribution in [0.1, 0.15) is 105 Å². The summed E-state index contributed by atoms with van der Waals surface area (Å²) in [4.78, 5) is 63.0. The van der Waals surface area contributed by atoms with Crippen LogP contribution in [-0.2, 0) is 33.9 Å². The zero-order valence-corrected chi connectivity index (χ0v) is 34.0. The van der Waals surface area contributed by atoms with Gasteiger partial charge in [0.25, 0.3) is 0 Å². The van der Waals surface area contributed by atoms with E-state index < -0.39 is 50.6 Å². The van der Waals surface area contributed by atoms with Gasteiger partial charge in [0.2, 0.25) is 27.7 Å². The van der Waals surface area contributed by atoms with Crippen molar-refractivity contribution in [3.63, 3.8) is 0 Å². The molecule has 0 spiro atoms. The quantitative estimate of drug-likeness (QED) is 0.191. The standard InChI is InChI=1S/C43H57N3O9S/c1-5-18-53-37-24-44-39(33-13-9-8-12-32(33)37)55-30-20-35-36(47)23-43(41(50)45-56(51,52)31-14-15-31)22-29(43)11-7-6-10-27(2)19-28(3)34(40(49)46(35)25-30)21-38(48)54-26-42(4)16-17-42/h7-9,11-13,24,27-31,34-35H,5-6,10,14-23,25-26H2,1-4H3,(H,45,50)/b11-7-/t27-,28+,29+,30+,34-,35-,43+/m0/s1. The Kier molecular flexibility index (Phi) is 11.6. The molecule has 3 heterocycles. The number of hydrogen-bond acceptors (Lipinski definition) is 10. The Morgan fingerprint density at radius 3 is 2.52 bits per heavy atom. The molecule has 13 heteroatoms. The topological polar surface area (TPSA) is 158 Å². The number of rotatable bonds is 12. The zero-order valence-electron chi connectivity index (χ0n) is 33.2. The Morgan fingerprint density at radius 2 is 1.80 bits per heavy atom. The molecule has 1 aromatic heterocycles. The number of Topliss-reactive ketones (excluding diaryl/α,β-unsaturated/α-hetero) is 1. The minimum absolute atomic E-state index is 0.00838. The number of ether oxygens (including phenoxy) is 3. The van der Waals surface area contributed by atoms with Gasteiger partial charge >= 0.3 is 5.97 Å². The number of ketones is 1. The summed E-state index contributed by atoms with van der Waals surface area (Å²) in [6.07, 6.45) is 11.2. The summed E-state index contributed by atoms with van der Waals surface area (Å²) in [5.41, 5.74) is -1.25. The molecular weight excluding hydrogens is 735 g/mol. The third kappa shape index (κ3) is 8.92. The summed E-state index contributed by atoms with van der Waals surface area (Å²) in [5, 5.41) is 0.968. The Balaban J connectivity index is 1.20. The second-order valence-corrected chi connectivity index (χ2v) is 19.7. The molecule has 1 N–H and O–H groups in total. The second-order valence-electron chi connectivity index (χ2n) is 17.7. The number of carbonyl (C=O) groups excluding carboxylic acids is 4. The zero-order chi connectivity index (χ0) is 39.8. The molecule has 7 atom stereocenters. The Morgan fingerprint density at radius 1 is 1.05 bits per heavy atom. The molecule has 2 aromatic rings. The van der Waals surface area contributed by atoms with Crippen molar-refractivity contribution in [2.24, 2.45) is 34.5 Å². The molecule has 12 nitrogen and oxygen atoms in total. The normalized spacial score (nSPS) is 31.0. The number of benzene rings is 1. The van der Waals surface area contributed by atoms with E-state index >= 15 is 0 Å². The molecule has 3 aliphatic carbocycles. The van der Waals surface area contributed by atoms with Crippen molar-refractivity contribution in [2.45, 2.75) is 122 Å². The second kappa shape index (κ2) is 16.1. The van der Waals surface area contributed by atoms with Crippen LogP contribution in [0.15, 0.2) is 42.6 Å². The van der Waals surface area contributed by atoms with E-state index in [-0.39, 0.29) is 60.7 Å². The van der Waals surface area contributed by atoms with Gasteiger partial charge in [-0.15, -0.1) is 0 Å². The summed E-state index contributed by atoms with van der Waals surface area (Å²) in [6.45, 7) is 9.16. The fourth-order valence-corrected chi connectivity index (χ4v) is 9.94. The van der Waals surface area contributed by atoms with E-state index in [1.807, 2.05) is 50.3 Å². The number of allylic oxidation sites excluding steroid dienone is 2. The first-order valence-corrected chi connectivity index (χ1v) is 22.2. The Hall–Kier alpha value is -4.00. The molecular formula is C43H57N3O9S. The number of carbonyl (C=O) groups is 4. The van der Waals surface area contributed by atoms with E-state index in [9.17, 15) is 27.6 Å². The van der Waals surface area contributed by atoms with Crippen LogP contribution in [0.5, 0.6) is 11.6 Å². The fraction of sp³-hybridized carbons (Fsp3) is 0.651. The third-order valence-corrected chi connectivity index (χ3v) is 14.5. The van der Waals surface area contributed by atoms with Crippen LogP contribution in [0.3, 0.4) is 0 Å². The lowest BCUT2D eigenvalue weighted by molar-refractivity contribution is -0.152. The first kappa shape index (κ1) is 40.2. The average Bonchev–Trinajstić information content (AvgIpc) is 4.11. The molecule has 2 aliphatic heterocycles. The molecule has 1 aromatic carbocycles. The number of amides is 2. The lowest BCUT2D eigenvalue weighted by atomic mass is 9.82. The number of pyridine rings is 1. The lowest BCUT2D eigenvalue weighted by Gasteiger charge is -2.32. The van der Waals surface area contributed by atoms with Gasteiger partial charge in [-0.2, -0.15) is 0 Å². The molecule has 7 rings (SSSR count). The molecule has 5 aliphatic rings. The third-order valence-electron chi connectivity index (χ3n) is 12.7. The number of nitrogens with one attached hydrogen (secondary N) is 1. The van der Waals surface area contributed by atoms with Gasteiger partial charge in [0.1, 0.15) is 11.9 Å². The molecule has 2 amide bonds. The van der Waals surface area contributed by atoms with Crippen LogP contribution in [0.2, 0.25) is 0 Å². The van der Waals surface area contributed by atoms with E-state index in [1.165, 1.54) is 0 Å². The predicted octanol–water partition coefficient (Wildman–Crippen LogP) is 6.31. The van der Waals surface area contributed by atoms with Crippen molar-refractivity contribution in [3.05, 3.63) is 42.6 Å². The summed E-state index contributed by atoms with van der Waals surface area (Å²) < 4.78 is 46.4. The van der Waals surface area contributed by atoms with Crippen LogP contribution in [0.25, 0.3) is 10.8 Å². The van der Waals surface area contributed by atoms with Crippen molar-refractivity contribution in [1.29, 1.82) is 0 Å². The Labute approximate surface area is 330 Å². The van der Waals surface area contributed by atoms with Gasteiger partial charge in [0, 0.05) is 29.0 Å². The van der Waals surface area contributed by atoms with Gasteiger partial charge in [-0.05, 0) is 81.6 Å². The molecule has 4 fully saturated rings. The molecule has 3 saturated carbocycles. The predicted molar refractivity (Wildman–Crippen MR) is 210 cm³/mol. The van der Waals surface area contributed by atoms with Gasteiger partial charge in [-0.25, -0.2) is 13.4 Å². The maximum absolute atomic E-state index is 14.9. The van der Waals surface area contributed by atoms with Gasteiger partial charge in [0.05, 0.1) is 55.0 Å². The van der Waals surface area contributed by atoms with E-state index in [0.717, 1.165) is 42.9 Å². The monoisotopic (exact) mass is 791 g/mol. The van der Waals surface area contributed by atoms with Crippen LogP contribution >= 0.6 is 0 Å². The molecule has 304 valence electrons. The van der Waals surface area contributed by atoms with Crippen molar-refractivity contribution in [3.8, 4) is 11.6 Å². The van der Waals surface area contributed by atoms with Crippen LogP contribution < -0.4 is 14.2 Å². The van der Waals surface area contributed by atoms with Gasteiger partial charge in [0.15, 0.2) is 5.78 Å². The summed E-state index contributed by atoms with van der Waals surface area (Å²) in [7, 11) is -3.85. The number of hydrogen-bond donors (Lipinski definition) is 1. The first-order valence-electron chi connectivity index (χ1n) is 20.6. The van der Waals surface area contributed by atoms with Gasteiger partial charge in [-0.1, -0.05) is 58.0 Å².